The molecule has 0 amide bonds. The molecule has 0 atom stereocenters. The van der Waals surface area contributed by atoms with Gasteiger partial charge in [0.05, 0.1) is 5.69 Å². The summed E-state index contributed by atoms with van der Waals surface area (Å²) in [5, 5.41) is 3.34. The molecular weight excluding hydrogens is 258 g/mol. The van der Waals surface area contributed by atoms with E-state index in [1.807, 2.05) is 12.3 Å². The second kappa shape index (κ2) is 7.79. The molecule has 3 nitrogen and oxygen atoms in total. The van der Waals surface area contributed by atoms with E-state index in [1.54, 1.807) is 0 Å². The predicted octanol–water partition coefficient (Wildman–Crippen LogP) is 3.92. The molecule has 0 unspecified atom stereocenters. The molecule has 0 bridgehead atoms. The zero-order valence-electron chi connectivity index (χ0n) is 13.2. The van der Waals surface area contributed by atoms with Crippen LogP contribution in [-0.2, 0) is 13.1 Å². The van der Waals surface area contributed by atoms with Crippen molar-refractivity contribution in [2.75, 3.05) is 11.9 Å². The van der Waals surface area contributed by atoms with E-state index in [0.717, 1.165) is 31.0 Å². The minimum Gasteiger partial charge on any atom is -0.385 e. The Bertz CT molecular complexity index is 537. The van der Waals surface area contributed by atoms with E-state index >= 15 is 0 Å². The molecule has 0 spiro atoms. The minimum atomic E-state index is 0.481. The van der Waals surface area contributed by atoms with Gasteiger partial charge in [0.1, 0.15) is 0 Å². The van der Waals surface area contributed by atoms with Crippen molar-refractivity contribution in [3.05, 3.63) is 59.9 Å². The maximum atomic E-state index is 4.50. The molecule has 3 heteroatoms. The van der Waals surface area contributed by atoms with Gasteiger partial charge in [-0.25, -0.2) is 0 Å². The Hall–Kier alpha value is -1.87. The van der Waals surface area contributed by atoms with Crippen LogP contribution in [0.1, 0.15) is 32.0 Å². The van der Waals surface area contributed by atoms with Crippen LogP contribution in [0.5, 0.6) is 0 Å². The highest BCUT2D eigenvalue weighted by atomic mass is 15.1. The summed E-state index contributed by atoms with van der Waals surface area (Å²) in [7, 11) is 0. The van der Waals surface area contributed by atoms with E-state index in [1.165, 1.54) is 5.56 Å². The Morgan fingerprint density at radius 2 is 1.86 bits per heavy atom. The summed E-state index contributed by atoms with van der Waals surface area (Å²) in [6.45, 7) is 9.32. The molecule has 0 saturated heterocycles. The highest BCUT2D eigenvalue weighted by Crippen LogP contribution is 2.14. The second-order valence-corrected chi connectivity index (χ2v) is 5.55. The fourth-order valence-electron chi connectivity index (χ4n) is 2.33. The van der Waals surface area contributed by atoms with Crippen LogP contribution in [0, 0.1) is 0 Å². The van der Waals surface area contributed by atoms with Crippen LogP contribution in [0.15, 0.2) is 48.7 Å². The lowest BCUT2D eigenvalue weighted by Crippen LogP contribution is -2.30. The minimum absolute atomic E-state index is 0.481. The fraction of sp³-hybridized carbons (Fsp3) is 0.389. The molecule has 2 aromatic rings. The fourth-order valence-corrected chi connectivity index (χ4v) is 2.33. The van der Waals surface area contributed by atoms with Crippen LogP contribution in [-0.4, -0.2) is 22.5 Å². The summed E-state index contributed by atoms with van der Waals surface area (Å²) in [6.07, 6.45) is 1.88. The number of nitrogens with zero attached hydrogens (tertiary/aromatic N) is 2. The van der Waals surface area contributed by atoms with Crippen molar-refractivity contribution in [3.63, 3.8) is 0 Å². The lowest BCUT2D eigenvalue weighted by atomic mass is 10.1. The van der Waals surface area contributed by atoms with Crippen molar-refractivity contribution in [1.29, 1.82) is 0 Å². The first-order valence-electron chi connectivity index (χ1n) is 7.65. The van der Waals surface area contributed by atoms with Crippen molar-refractivity contribution in [2.45, 2.75) is 39.9 Å². The molecule has 0 radical (unpaired) electrons. The molecule has 1 N–H and O–H groups in total. The van der Waals surface area contributed by atoms with Gasteiger partial charge in [-0.3, -0.25) is 9.88 Å². The number of nitrogens with one attached hydrogen (secondary N) is 1. The lowest BCUT2D eigenvalue weighted by molar-refractivity contribution is 0.201. The van der Waals surface area contributed by atoms with Gasteiger partial charge in [0.2, 0.25) is 0 Å². The quantitative estimate of drug-likeness (QED) is 0.834. The van der Waals surface area contributed by atoms with Crippen LogP contribution in [0.3, 0.4) is 0 Å². The number of rotatable bonds is 7. The molecule has 0 saturated carbocycles. The topological polar surface area (TPSA) is 28.2 Å². The first kappa shape index (κ1) is 15.5. The van der Waals surface area contributed by atoms with Gasteiger partial charge in [-0.05, 0) is 38.5 Å². The van der Waals surface area contributed by atoms with Gasteiger partial charge in [-0.1, -0.05) is 30.3 Å². The Kier molecular flexibility index (Phi) is 5.76. The third kappa shape index (κ3) is 4.87. The highest BCUT2D eigenvalue weighted by Gasteiger charge is 2.11. The van der Waals surface area contributed by atoms with Crippen molar-refractivity contribution in [3.8, 4) is 0 Å². The average Bonchev–Trinajstić information content (AvgIpc) is 2.48. The molecule has 0 aliphatic carbocycles. The van der Waals surface area contributed by atoms with Crippen LogP contribution in [0.2, 0.25) is 0 Å². The van der Waals surface area contributed by atoms with E-state index in [-0.39, 0.29) is 0 Å². The molecule has 0 aliphatic rings. The Morgan fingerprint density at radius 1 is 1.10 bits per heavy atom. The monoisotopic (exact) mass is 283 g/mol. The zero-order valence-corrected chi connectivity index (χ0v) is 13.2. The maximum absolute atomic E-state index is 4.50. The Balaban J connectivity index is 2.07. The normalized spacial score (nSPS) is 11.1. The molecule has 1 aromatic carbocycles. The summed E-state index contributed by atoms with van der Waals surface area (Å²) >= 11 is 0. The first-order valence-corrected chi connectivity index (χ1v) is 7.65. The highest BCUT2D eigenvalue weighted by molar-refractivity contribution is 5.42. The van der Waals surface area contributed by atoms with E-state index in [0.29, 0.717) is 6.04 Å². The molecule has 1 heterocycles. The van der Waals surface area contributed by atoms with Gasteiger partial charge >= 0.3 is 0 Å². The Labute approximate surface area is 128 Å². The van der Waals surface area contributed by atoms with Gasteiger partial charge in [-0.2, -0.15) is 0 Å². The van der Waals surface area contributed by atoms with Crippen LogP contribution < -0.4 is 5.32 Å². The van der Waals surface area contributed by atoms with Gasteiger partial charge in [-0.15, -0.1) is 0 Å². The molecule has 0 fully saturated rings. The summed E-state index contributed by atoms with van der Waals surface area (Å²) in [6, 6.07) is 15.2. The van der Waals surface area contributed by atoms with Crippen molar-refractivity contribution >= 4 is 5.69 Å². The largest absolute Gasteiger partial charge is 0.385 e. The number of hydrogen-bond donors (Lipinski definition) is 1. The van der Waals surface area contributed by atoms with Crippen LogP contribution in [0.4, 0.5) is 5.69 Å². The molecule has 2 rings (SSSR count). The SMILES string of the molecule is CCNc1ccnc(CN(Cc2ccccc2)C(C)C)c1. The second-order valence-electron chi connectivity index (χ2n) is 5.55. The molecule has 0 aliphatic heterocycles. The first-order chi connectivity index (χ1) is 10.2. The van der Waals surface area contributed by atoms with E-state index in [9.17, 15) is 0 Å². The van der Waals surface area contributed by atoms with E-state index in [4.69, 9.17) is 0 Å². The van der Waals surface area contributed by atoms with Gasteiger partial charge < -0.3 is 5.32 Å². The van der Waals surface area contributed by atoms with Gasteiger partial charge in [0.25, 0.3) is 0 Å². The predicted molar refractivity (Wildman–Crippen MR) is 89.2 cm³/mol. The maximum Gasteiger partial charge on any atom is 0.0564 e. The standard InChI is InChI=1S/C18H25N3/c1-4-19-17-10-11-20-18(12-17)14-21(15(2)3)13-16-8-6-5-7-9-16/h5-12,15H,4,13-14H2,1-3H3,(H,19,20). The van der Waals surface area contributed by atoms with Gasteiger partial charge in [0, 0.05) is 37.6 Å². The van der Waals surface area contributed by atoms with Crippen molar-refractivity contribution in [1.82, 2.24) is 9.88 Å². The van der Waals surface area contributed by atoms with Crippen LogP contribution in [0.25, 0.3) is 0 Å². The number of hydrogen-bond acceptors (Lipinski definition) is 3. The van der Waals surface area contributed by atoms with E-state index < -0.39 is 0 Å². The molecule has 112 valence electrons. The smallest absolute Gasteiger partial charge is 0.0564 e. The third-order valence-corrected chi connectivity index (χ3v) is 3.52. The molecular formula is C18H25N3. The lowest BCUT2D eigenvalue weighted by Gasteiger charge is -2.26. The number of anilines is 1. The zero-order chi connectivity index (χ0) is 15.1. The summed E-state index contributed by atoms with van der Waals surface area (Å²) in [5.41, 5.74) is 3.60. The molecule has 21 heavy (non-hydrogen) atoms. The summed E-state index contributed by atoms with van der Waals surface area (Å²) < 4.78 is 0. The Morgan fingerprint density at radius 3 is 2.52 bits per heavy atom. The van der Waals surface area contributed by atoms with E-state index in [2.05, 4.69) is 72.4 Å². The average molecular weight is 283 g/mol. The van der Waals surface area contributed by atoms with Gasteiger partial charge in [0.15, 0.2) is 0 Å². The van der Waals surface area contributed by atoms with Crippen molar-refractivity contribution < 1.29 is 0 Å². The van der Waals surface area contributed by atoms with Crippen LogP contribution >= 0.6 is 0 Å². The number of pyridine rings is 1. The number of benzene rings is 1. The molecule has 1 aromatic heterocycles. The van der Waals surface area contributed by atoms with Crippen molar-refractivity contribution in [2.24, 2.45) is 0 Å². The summed E-state index contributed by atoms with van der Waals surface area (Å²) in [4.78, 5) is 6.94. The number of aromatic nitrogens is 1. The third-order valence-electron chi connectivity index (χ3n) is 3.52. The summed E-state index contributed by atoms with van der Waals surface area (Å²) in [5.74, 6) is 0.